The summed E-state index contributed by atoms with van der Waals surface area (Å²) in [6, 6.07) is 0.0378. The molecule has 3 N–H and O–H groups in total. The number of carboxylic acid groups (broad SMARTS) is 1. The molecule has 2 unspecified atom stereocenters. The number of ether oxygens (including phenoxy) is 1. The van der Waals surface area contributed by atoms with Gasteiger partial charge < -0.3 is 20.5 Å². The Hall–Kier alpha value is -1.51. The minimum Gasteiger partial charge on any atom is -0.476 e. The summed E-state index contributed by atoms with van der Waals surface area (Å²) in [7, 11) is 0. The number of carbonyl (C=O) groups is 2. The van der Waals surface area contributed by atoms with Crippen LogP contribution in [0.2, 0.25) is 0 Å². The summed E-state index contributed by atoms with van der Waals surface area (Å²) in [6.07, 6.45) is 1.00. The van der Waals surface area contributed by atoms with Crippen LogP contribution in [0.4, 0.5) is 0 Å². The van der Waals surface area contributed by atoms with Crippen LogP contribution in [0.3, 0.4) is 0 Å². The van der Waals surface area contributed by atoms with Gasteiger partial charge in [-0.1, -0.05) is 6.92 Å². The van der Waals surface area contributed by atoms with Crippen LogP contribution in [0.25, 0.3) is 0 Å². The fourth-order valence-electron chi connectivity index (χ4n) is 2.13. The summed E-state index contributed by atoms with van der Waals surface area (Å²) in [5, 5.41) is 16.9. The Morgan fingerprint density at radius 3 is 3.00 bits per heavy atom. The van der Waals surface area contributed by atoms with E-state index in [0.29, 0.717) is 18.2 Å². The Kier molecular flexibility index (Phi) is 5.66. The van der Waals surface area contributed by atoms with Crippen LogP contribution in [-0.4, -0.2) is 47.8 Å². The lowest BCUT2D eigenvalue weighted by Gasteiger charge is -2.18. The second-order valence-electron chi connectivity index (χ2n) is 4.85. The quantitative estimate of drug-likeness (QED) is 0.676. The van der Waals surface area contributed by atoms with Gasteiger partial charge in [-0.25, -0.2) is 9.78 Å². The van der Waals surface area contributed by atoms with E-state index in [2.05, 4.69) is 22.5 Å². The molecule has 0 aliphatic carbocycles. The summed E-state index contributed by atoms with van der Waals surface area (Å²) < 4.78 is 5.36. The average Bonchev–Trinajstić information content (AvgIpc) is 3.11. The van der Waals surface area contributed by atoms with Gasteiger partial charge in [0.25, 0.3) is 0 Å². The van der Waals surface area contributed by atoms with Crippen molar-refractivity contribution in [2.75, 3.05) is 19.8 Å². The monoisotopic (exact) mass is 313 g/mol. The Morgan fingerprint density at radius 1 is 1.52 bits per heavy atom. The number of hydrogen-bond acceptors (Lipinski definition) is 6. The number of carbonyl (C=O) groups excluding carboxylic acids is 1. The number of nitrogens with zero attached hydrogens (tertiary/aromatic N) is 1. The van der Waals surface area contributed by atoms with E-state index in [9.17, 15) is 9.59 Å². The SMILES string of the molecule is CCCNC1COCC1C(=O)NCc1nc(C(=O)O)cs1. The summed E-state index contributed by atoms with van der Waals surface area (Å²) in [5.74, 6) is -1.36. The molecule has 0 aromatic carbocycles. The summed E-state index contributed by atoms with van der Waals surface area (Å²) in [4.78, 5) is 26.8. The molecule has 2 atom stereocenters. The maximum Gasteiger partial charge on any atom is 0.355 e. The van der Waals surface area contributed by atoms with Crippen molar-refractivity contribution in [3.05, 3.63) is 16.1 Å². The van der Waals surface area contributed by atoms with E-state index >= 15 is 0 Å². The van der Waals surface area contributed by atoms with Crippen LogP contribution in [0.15, 0.2) is 5.38 Å². The van der Waals surface area contributed by atoms with Gasteiger partial charge in [0.15, 0.2) is 5.69 Å². The lowest BCUT2D eigenvalue weighted by molar-refractivity contribution is -0.125. The van der Waals surface area contributed by atoms with Crippen molar-refractivity contribution < 1.29 is 19.4 Å². The lowest BCUT2D eigenvalue weighted by Crippen LogP contribution is -2.44. The molecule has 116 valence electrons. The predicted molar refractivity (Wildman–Crippen MR) is 77.3 cm³/mol. The molecule has 1 amide bonds. The number of rotatable bonds is 7. The fraction of sp³-hybridized carbons (Fsp3) is 0.615. The van der Waals surface area contributed by atoms with E-state index in [1.165, 1.54) is 16.7 Å². The molecule has 1 aromatic rings. The lowest BCUT2D eigenvalue weighted by atomic mass is 10.0. The second-order valence-corrected chi connectivity index (χ2v) is 5.80. The molecule has 0 radical (unpaired) electrons. The molecule has 2 heterocycles. The molecule has 1 aliphatic rings. The van der Waals surface area contributed by atoms with Crippen molar-refractivity contribution in [1.29, 1.82) is 0 Å². The van der Waals surface area contributed by atoms with Gasteiger partial charge in [-0.15, -0.1) is 11.3 Å². The fourth-order valence-corrected chi connectivity index (χ4v) is 2.84. The normalized spacial score (nSPS) is 21.4. The number of hydrogen-bond donors (Lipinski definition) is 3. The molecule has 1 saturated heterocycles. The number of carboxylic acids is 1. The van der Waals surface area contributed by atoms with Crippen molar-refractivity contribution in [3.63, 3.8) is 0 Å². The molecule has 1 fully saturated rings. The maximum absolute atomic E-state index is 12.2. The van der Waals surface area contributed by atoms with Gasteiger partial charge >= 0.3 is 5.97 Å². The Labute approximate surface area is 126 Å². The van der Waals surface area contributed by atoms with Gasteiger partial charge in [0.1, 0.15) is 5.01 Å². The molecule has 8 heteroatoms. The molecule has 0 saturated carbocycles. The van der Waals surface area contributed by atoms with Crippen LogP contribution < -0.4 is 10.6 Å². The largest absolute Gasteiger partial charge is 0.476 e. The van der Waals surface area contributed by atoms with Crippen LogP contribution >= 0.6 is 11.3 Å². The van der Waals surface area contributed by atoms with Crippen molar-refractivity contribution >= 4 is 23.2 Å². The van der Waals surface area contributed by atoms with E-state index < -0.39 is 5.97 Å². The van der Waals surface area contributed by atoms with Gasteiger partial charge in [-0.2, -0.15) is 0 Å². The number of thiazole rings is 1. The number of aromatic carboxylic acids is 1. The summed E-state index contributed by atoms with van der Waals surface area (Å²) in [5.41, 5.74) is 0.0101. The number of aromatic nitrogens is 1. The van der Waals surface area contributed by atoms with E-state index in [-0.39, 0.29) is 30.1 Å². The smallest absolute Gasteiger partial charge is 0.355 e. The molecule has 7 nitrogen and oxygen atoms in total. The standard InChI is InChI=1S/C13H19N3O4S/c1-2-3-14-9-6-20-5-8(9)12(17)15-4-11-16-10(7-21-11)13(18)19/h7-9,14H,2-6H2,1H3,(H,15,17)(H,18,19). The highest BCUT2D eigenvalue weighted by Gasteiger charge is 2.33. The average molecular weight is 313 g/mol. The van der Waals surface area contributed by atoms with Gasteiger partial charge in [0.2, 0.25) is 5.91 Å². The Balaban J connectivity index is 1.84. The second kappa shape index (κ2) is 7.48. The molecule has 0 bridgehead atoms. The van der Waals surface area contributed by atoms with Crippen LogP contribution in [0, 0.1) is 5.92 Å². The zero-order chi connectivity index (χ0) is 15.2. The third-order valence-corrected chi connectivity index (χ3v) is 4.11. The van der Waals surface area contributed by atoms with Crippen LogP contribution in [-0.2, 0) is 16.1 Å². The first-order valence-corrected chi connectivity index (χ1v) is 7.76. The highest BCUT2D eigenvalue weighted by Crippen LogP contribution is 2.15. The molecular weight excluding hydrogens is 294 g/mol. The zero-order valence-electron chi connectivity index (χ0n) is 11.8. The summed E-state index contributed by atoms with van der Waals surface area (Å²) in [6.45, 7) is 4.12. The van der Waals surface area contributed by atoms with Crippen molar-refractivity contribution in [2.24, 2.45) is 5.92 Å². The zero-order valence-corrected chi connectivity index (χ0v) is 12.6. The van der Waals surface area contributed by atoms with E-state index in [0.717, 1.165) is 13.0 Å². The maximum atomic E-state index is 12.2. The molecule has 1 aromatic heterocycles. The first kappa shape index (κ1) is 15.9. The van der Waals surface area contributed by atoms with Gasteiger partial charge in [0.05, 0.1) is 25.7 Å². The number of nitrogens with one attached hydrogen (secondary N) is 2. The van der Waals surface area contributed by atoms with Gasteiger partial charge in [-0.05, 0) is 13.0 Å². The molecular formula is C13H19N3O4S. The van der Waals surface area contributed by atoms with Crippen molar-refractivity contribution in [2.45, 2.75) is 25.9 Å². The third-order valence-electron chi connectivity index (χ3n) is 3.26. The van der Waals surface area contributed by atoms with Crippen molar-refractivity contribution in [1.82, 2.24) is 15.6 Å². The van der Waals surface area contributed by atoms with E-state index in [1.54, 1.807) is 0 Å². The molecule has 21 heavy (non-hydrogen) atoms. The van der Waals surface area contributed by atoms with Gasteiger partial charge in [0, 0.05) is 11.4 Å². The topological polar surface area (TPSA) is 101 Å². The molecule has 2 rings (SSSR count). The predicted octanol–water partition coefficient (Wildman–Crippen LogP) is 0.472. The Bertz CT molecular complexity index is 505. The summed E-state index contributed by atoms with van der Waals surface area (Å²) >= 11 is 1.22. The third kappa shape index (κ3) is 4.23. The van der Waals surface area contributed by atoms with Gasteiger partial charge in [-0.3, -0.25) is 4.79 Å². The van der Waals surface area contributed by atoms with E-state index in [1.807, 2.05) is 0 Å². The van der Waals surface area contributed by atoms with Crippen LogP contribution in [0.1, 0.15) is 28.8 Å². The number of amides is 1. The van der Waals surface area contributed by atoms with E-state index in [4.69, 9.17) is 9.84 Å². The minimum absolute atomic E-state index is 0.0101. The van der Waals surface area contributed by atoms with Crippen LogP contribution in [0.5, 0.6) is 0 Å². The molecule has 0 spiro atoms. The highest BCUT2D eigenvalue weighted by molar-refractivity contribution is 7.09. The molecule has 1 aliphatic heterocycles. The minimum atomic E-state index is -1.06. The first-order valence-electron chi connectivity index (χ1n) is 6.88. The van der Waals surface area contributed by atoms with Crippen molar-refractivity contribution in [3.8, 4) is 0 Å². The highest BCUT2D eigenvalue weighted by atomic mass is 32.1. The Morgan fingerprint density at radius 2 is 2.33 bits per heavy atom. The first-order chi connectivity index (χ1) is 10.1.